The first kappa shape index (κ1) is 10.6. The molecule has 2 atom stereocenters. The highest BCUT2D eigenvalue weighted by Gasteiger charge is 2.38. The Morgan fingerprint density at radius 3 is 2.73 bits per heavy atom. The van der Waals surface area contributed by atoms with Crippen LogP contribution in [0.5, 0.6) is 0 Å². The number of hydrogen-bond acceptors (Lipinski definition) is 3. The largest absolute Gasteiger partial charge is 0.379 e. The van der Waals surface area contributed by atoms with E-state index in [2.05, 4.69) is 14.9 Å². The Hall–Kier alpha value is -0.870. The van der Waals surface area contributed by atoms with E-state index in [1.54, 1.807) is 7.11 Å². The first-order valence-electron chi connectivity index (χ1n) is 5.45. The molecule has 0 radical (unpaired) electrons. The van der Waals surface area contributed by atoms with Gasteiger partial charge in [-0.1, -0.05) is 0 Å². The fourth-order valence-corrected chi connectivity index (χ4v) is 2.14. The first-order valence-corrected chi connectivity index (χ1v) is 5.45. The van der Waals surface area contributed by atoms with Crippen LogP contribution >= 0.6 is 0 Å². The molecule has 4 heteroatoms. The molecule has 4 nitrogen and oxygen atoms in total. The third kappa shape index (κ3) is 2.06. The molecule has 1 aliphatic carbocycles. The summed E-state index contributed by atoms with van der Waals surface area (Å²) in [5.41, 5.74) is 0. The Balaban J connectivity index is 2.18. The summed E-state index contributed by atoms with van der Waals surface area (Å²) in [6.45, 7) is 0. The van der Waals surface area contributed by atoms with Gasteiger partial charge in [-0.15, -0.1) is 0 Å². The van der Waals surface area contributed by atoms with Crippen LogP contribution in [0.1, 0.15) is 24.7 Å². The van der Waals surface area contributed by atoms with Crippen molar-refractivity contribution in [3.63, 3.8) is 0 Å². The molecule has 1 fully saturated rings. The lowest BCUT2D eigenvalue weighted by Gasteiger charge is -2.25. The van der Waals surface area contributed by atoms with Crippen LogP contribution in [0.2, 0.25) is 0 Å². The Bertz CT molecular complexity index is 319. The zero-order valence-corrected chi connectivity index (χ0v) is 9.60. The van der Waals surface area contributed by atoms with Gasteiger partial charge in [0.2, 0.25) is 0 Å². The van der Waals surface area contributed by atoms with Crippen LogP contribution in [0.3, 0.4) is 0 Å². The molecule has 0 saturated heterocycles. The minimum absolute atomic E-state index is 0.197. The minimum atomic E-state index is 0.197. The summed E-state index contributed by atoms with van der Waals surface area (Å²) >= 11 is 0. The molecule has 0 aromatic carbocycles. The van der Waals surface area contributed by atoms with Gasteiger partial charge in [0.25, 0.3) is 0 Å². The van der Waals surface area contributed by atoms with E-state index in [1.165, 1.54) is 12.8 Å². The van der Waals surface area contributed by atoms with Gasteiger partial charge < -0.3 is 14.6 Å². The molecule has 15 heavy (non-hydrogen) atoms. The monoisotopic (exact) mass is 209 g/mol. The highest BCUT2D eigenvalue weighted by atomic mass is 16.5. The Morgan fingerprint density at radius 1 is 1.60 bits per heavy atom. The van der Waals surface area contributed by atoms with Gasteiger partial charge in [0.15, 0.2) is 0 Å². The second-order valence-electron chi connectivity index (χ2n) is 4.20. The van der Waals surface area contributed by atoms with Crippen molar-refractivity contribution in [3.05, 3.63) is 18.2 Å². The van der Waals surface area contributed by atoms with Crippen molar-refractivity contribution < 1.29 is 4.74 Å². The predicted octanol–water partition coefficient (Wildman–Crippen LogP) is 1.11. The second-order valence-corrected chi connectivity index (χ2v) is 4.20. The van der Waals surface area contributed by atoms with Gasteiger partial charge in [0.05, 0.1) is 12.1 Å². The van der Waals surface area contributed by atoms with E-state index in [-0.39, 0.29) is 12.1 Å². The fraction of sp³-hybridized carbons (Fsp3) is 0.727. The van der Waals surface area contributed by atoms with Gasteiger partial charge in [-0.25, -0.2) is 4.98 Å². The summed E-state index contributed by atoms with van der Waals surface area (Å²) in [4.78, 5) is 4.39. The molecular formula is C11H19N3O. The van der Waals surface area contributed by atoms with Crippen molar-refractivity contribution in [2.75, 3.05) is 14.2 Å². The number of rotatable bonds is 5. The molecule has 2 rings (SSSR count). The molecule has 1 aromatic heterocycles. The molecule has 1 aromatic rings. The SMILES string of the molecule is CNC(c1nccn1C)C(OC)C1CC1. The number of aromatic nitrogens is 2. The van der Waals surface area contributed by atoms with Crippen molar-refractivity contribution in [1.82, 2.24) is 14.9 Å². The molecule has 2 unspecified atom stereocenters. The van der Waals surface area contributed by atoms with E-state index >= 15 is 0 Å². The highest BCUT2D eigenvalue weighted by molar-refractivity contribution is 5.04. The molecule has 0 spiro atoms. The Kier molecular flexibility index (Phi) is 3.07. The molecule has 1 heterocycles. The van der Waals surface area contributed by atoms with E-state index in [1.807, 2.05) is 26.5 Å². The van der Waals surface area contributed by atoms with E-state index in [0.29, 0.717) is 5.92 Å². The van der Waals surface area contributed by atoms with E-state index in [9.17, 15) is 0 Å². The van der Waals surface area contributed by atoms with E-state index in [0.717, 1.165) is 5.82 Å². The number of methoxy groups -OCH3 is 1. The van der Waals surface area contributed by atoms with Gasteiger partial charge in [0.1, 0.15) is 5.82 Å². The smallest absolute Gasteiger partial charge is 0.128 e. The highest BCUT2D eigenvalue weighted by Crippen LogP contribution is 2.39. The van der Waals surface area contributed by atoms with Crippen LogP contribution in [0, 0.1) is 5.92 Å². The summed E-state index contributed by atoms with van der Waals surface area (Å²) in [5.74, 6) is 1.75. The van der Waals surface area contributed by atoms with Gasteiger partial charge in [-0.2, -0.15) is 0 Å². The third-order valence-corrected chi connectivity index (χ3v) is 3.13. The van der Waals surface area contributed by atoms with Crippen LogP contribution in [-0.4, -0.2) is 29.8 Å². The zero-order valence-electron chi connectivity index (χ0n) is 9.60. The van der Waals surface area contributed by atoms with Crippen LogP contribution in [0.4, 0.5) is 0 Å². The number of imidazole rings is 1. The Labute approximate surface area is 90.6 Å². The van der Waals surface area contributed by atoms with Crippen LogP contribution < -0.4 is 5.32 Å². The second kappa shape index (κ2) is 4.33. The number of nitrogens with zero attached hydrogens (tertiary/aromatic N) is 2. The molecule has 84 valence electrons. The summed E-state index contributed by atoms with van der Waals surface area (Å²) in [7, 11) is 5.77. The topological polar surface area (TPSA) is 39.1 Å². The average molecular weight is 209 g/mol. The maximum absolute atomic E-state index is 5.59. The van der Waals surface area contributed by atoms with E-state index in [4.69, 9.17) is 4.74 Å². The molecule has 0 bridgehead atoms. The van der Waals surface area contributed by atoms with Crippen molar-refractivity contribution in [2.24, 2.45) is 13.0 Å². The maximum Gasteiger partial charge on any atom is 0.128 e. The van der Waals surface area contributed by atoms with Crippen molar-refractivity contribution >= 4 is 0 Å². The van der Waals surface area contributed by atoms with Gasteiger partial charge in [-0.05, 0) is 25.8 Å². The van der Waals surface area contributed by atoms with Crippen molar-refractivity contribution in [1.29, 1.82) is 0 Å². The summed E-state index contributed by atoms with van der Waals surface area (Å²) in [6.07, 6.45) is 6.61. The van der Waals surface area contributed by atoms with Crippen molar-refractivity contribution in [2.45, 2.75) is 25.0 Å². The van der Waals surface area contributed by atoms with Gasteiger partial charge in [0, 0.05) is 26.6 Å². The standard InChI is InChI=1S/C11H19N3O/c1-12-9(10(15-3)8-4-5-8)11-13-6-7-14(11)2/h6-10,12H,4-5H2,1-3H3. The number of aryl methyl sites for hydroxylation is 1. The lowest BCUT2D eigenvalue weighted by Crippen LogP contribution is -2.34. The molecule has 0 amide bonds. The van der Waals surface area contributed by atoms with Gasteiger partial charge >= 0.3 is 0 Å². The maximum atomic E-state index is 5.59. The number of likely N-dealkylation sites (N-methyl/N-ethyl adjacent to an activating group) is 1. The molecule has 1 aliphatic rings. The normalized spacial score (nSPS) is 20.2. The Morgan fingerprint density at radius 2 is 2.33 bits per heavy atom. The third-order valence-electron chi connectivity index (χ3n) is 3.13. The van der Waals surface area contributed by atoms with E-state index < -0.39 is 0 Å². The fourth-order valence-electron chi connectivity index (χ4n) is 2.14. The van der Waals surface area contributed by atoms with Gasteiger partial charge in [-0.3, -0.25) is 0 Å². The molecule has 1 saturated carbocycles. The number of hydrogen-bond donors (Lipinski definition) is 1. The predicted molar refractivity (Wildman–Crippen MR) is 58.5 cm³/mol. The zero-order chi connectivity index (χ0) is 10.8. The van der Waals surface area contributed by atoms with Crippen molar-refractivity contribution in [3.8, 4) is 0 Å². The van der Waals surface area contributed by atoms with Crippen LogP contribution in [0.25, 0.3) is 0 Å². The minimum Gasteiger partial charge on any atom is -0.379 e. The molecule has 1 N–H and O–H groups in total. The quantitative estimate of drug-likeness (QED) is 0.789. The number of nitrogens with one attached hydrogen (secondary N) is 1. The molecule has 0 aliphatic heterocycles. The molecular weight excluding hydrogens is 190 g/mol. The first-order chi connectivity index (χ1) is 7.27. The average Bonchev–Trinajstić information content (AvgIpc) is 2.99. The van der Waals surface area contributed by atoms with Crippen LogP contribution in [0.15, 0.2) is 12.4 Å². The lowest BCUT2D eigenvalue weighted by atomic mass is 10.1. The number of ether oxygens (including phenoxy) is 1. The summed E-state index contributed by atoms with van der Waals surface area (Å²) in [6, 6.07) is 0.197. The summed E-state index contributed by atoms with van der Waals surface area (Å²) in [5, 5.41) is 3.31. The summed E-state index contributed by atoms with van der Waals surface area (Å²) < 4.78 is 7.64. The van der Waals surface area contributed by atoms with Crippen LogP contribution in [-0.2, 0) is 11.8 Å². The lowest BCUT2D eigenvalue weighted by molar-refractivity contribution is 0.0496.